The highest BCUT2D eigenvalue weighted by molar-refractivity contribution is 6.31. The van der Waals surface area contributed by atoms with Gasteiger partial charge in [0.25, 0.3) is 11.1 Å². The van der Waals surface area contributed by atoms with Crippen LogP contribution in [0.2, 0.25) is 5.02 Å². The summed E-state index contributed by atoms with van der Waals surface area (Å²) < 4.78 is 51.9. The minimum atomic E-state index is -2.90. The van der Waals surface area contributed by atoms with E-state index in [0.717, 1.165) is 0 Å². The Morgan fingerprint density at radius 3 is 2.72 bits per heavy atom. The van der Waals surface area contributed by atoms with E-state index < -0.39 is 45.6 Å². The van der Waals surface area contributed by atoms with E-state index in [4.69, 9.17) is 19.1 Å². The molecule has 1 aliphatic rings. The van der Waals surface area contributed by atoms with Gasteiger partial charge in [0.15, 0.2) is 5.82 Å². The van der Waals surface area contributed by atoms with E-state index >= 15 is 0 Å². The number of allylic oxidation sites excluding steroid dienone is 1. The normalized spacial score (nSPS) is 14.8. The van der Waals surface area contributed by atoms with E-state index in [1.165, 1.54) is 41.3 Å². The lowest BCUT2D eigenvalue weighted by molar-refractivity contribution is 0.0767. The number of nitrogens with zero attached hydrogens (tertiary/aromatic N) is 4. The third kappa shape index (κ3) is 5.13. The molecule has 0 saturated carbocycles. The van der Waals surface area contributed by atoms with Crippen molar-refractivity contribution < 1.29 is 21.4 Å². The number of aromatic nitrogens is 4. The summed E-state index contributed by atoms with van der Waals surface area (Å²) in [5.74, 6) is -2.46. The maximum Gasteiger partial charge on any atom is 0.278 e. The highest BCUT2D eigenvalue weighted by Gasteiger charge is 2.23. The third-order valence-electron chi connectivity index (χ3n) is 6.12. The molecule has 5 heterocycles. The molecule has 0 atom stereocenters. The summed E-state index contributed by atoms with van der Waals surface area (Å²) in [4.78, 5) is 34.7. The Bertz CT molecular complexity index is 1830. The van der Waals surface area contributed by atoms with Gasteiger partial charge < -0.3 is 9.84 Å². The Morgan fingerprint density at radius 1 is 1.18 bits per heavy atom. The first-order chi connectivity index (χ1) is 19.3. The quantitative estimate of drug-likeness (QED) is 0.391. The molecule has 4 aromatic heterocycles. The summed E-state index contributed by atoms with van der Waals surface area (Å²) in [5, 5.41) is 9.92. The van der Waals surface area contributed by atoms with Crippen molar-refractivity contribution in [3.63, 3.8) is 0 Å². The number of hydrogen-bond acceptors (Lipinski definition) is 6. The van der Waals surface area contributed by atoms with E-state index in [1.54, 1.807) is 30.5 Å². The minimum absolute atomic E-state index is 0.153. The fourth-order valence-electron chi connectivity index (χ4n) is 4.20. The van der Waals surface area contributed by atoms with Gasteiger partial charge in [0.2, 0.25) is 0 Å². The second-order valence-corrected chi connectivity index (χ2v) is 9.72. The summed E-state index contributed by atoms with van der Waals surface area (Å²) in [6.45, 7) is 0.0866. The minimum Gasteiger partial charge on any atom is -0.485 e. The van der Waals surface area contributed by atoms with Crippen LogP contribution in [0.25, 0.3) is 17.6 Å². The second-order valence-electron chi connectivity index (χ2n) is 9.34. The third-order valence-corrected chi connectivity index (χ3v) is 6.47. The Morgan fingerprint density at radius 2 is 1.97 bits per heavy atom. The zero-order valence-corrected chi connectivity index (χ0v) is 21.5. The lowest BCUT2D eigenvalue weighted by Gasteiger charge is -2.21. The number of pyridine rings is 4. The van der Waals surface area contributed by atoms with Gasteiger partial charge in [-0.05, 0) is 50.5 Å². The van der Waals surface area contributed by atoms with Crippen LogP contribution in [-0.4, -0.2) is 24.2 Å². The molecule has 0 saturated heterocycles. The predicted octanol–water partition coefficient (Wildman–Crippen LogP) is 4.48. The number of hydrogen-bond donors (Lipinski definition) is 1. The van der Waals surface area contributed by atoms with Gasteiger partial charge in [0, 0.05) is 36.2 Å². The molecule has 1 aliphatic heterocycles. The van der Waals surface area contributed by atoms with Crippen molar-refractivity contribution in [2.75, 3.05) is 0 Å². The molecular weight excluding hydrogens is 530 g/mol. The lowest BCUT2D eigenvalue weighted by Crippen LogP contribution is -2.31. The predicted molar refractivity (Wildman–Crippen MR) is 142 cm³/mol. The van der Waals surface area contributed by atoms with Gasteiger partial charge in [-0.2, -0.15) is 0 Å². The summed E-state index contributed by atoms with van der Waals surface area (Å²) in [6.07, 6.45) is 8.19. The monoisotopic (exact) mass is 554 g/mol. The van der Waals surface area contributed by atoms with Crippen LogP contribution in [0.5, 0.6) is 5.75 Å². The first-order valence-electron chi connectivity index (χ1n) is 12.8. The Balaban J connectivity index is 1.65. The van der Waals surface area contributed by atoms with Crippen molar-refractivity contribution in [3.05, 3.63) is 115 Å². The van der Waals surface area contributed by atoms with Gasteiger partial charge >= 0.3 is 0 Å². The fourth-order valence-corrected chi connectivity index (χ4v) is 4.38. The largest absolute Gasteiger partial charge is 0.485 e. The van der Waals surface area contributed by atoms with Crippen molar-refractivity contribution in [1.82, 2.24) is 19.1 Å². The molecular formula is C28H23ClF2N4O4. The first-order valence-corrected chi connectivity index (χ1v) is 12.2. The maximum absolute atomic E-state index is 14.3. The number of aryl methyl sites for hydroxylation is 1. The Kier molecular flexibility index (Phi) is 6.26. The molecule has 0 radical (unpaired) electrons. The van der Waals surface area contributed by atoms with Crippen LogP contribution in [0.15, 0.2) is 64.6 Å². The van der Waals surface area contributed by atoms with Crippen LogP contribution in [0.4, 0.5) is 8.78 Å². The molecule has 0 bridgehead atoms. The van der Waals surface area contributed by atoms with Crippen LogP contribution in [0.3, 0.4) is 0 Å². The summed E-state index contributed by atoms with van der Waals surface area (Å²) >= 11 is 6.38. The van der Waals surface area contributed by atoms with E-state index in [-0.39, 0.29) is 22.8 Å². The summed E-state index contributed by atoms with van der Waals surface area (Å²) in [6, 6.07) is 6.44. The zero-order chi connectivity index (χ0) is 29.7. The Hall–Kier alpha value is -4.15. The van der Waals surface area contributed by atoms with Crippen LogP contribution in [0, 0.1) is 11.6 Å². The summed E-state index contributed by atoms with van der Waals surface area (Å²) in [7, 11) is 0. The highest BCUT2D eigenvalue weighted by Crippen LogP contribution is 2.29. The van der Waals surface area contributed by atoms with Crippen LogP contribution >= 0.6 is 11.6 Å². The number of rotatable bonds is 5. The lowest BCUT2D eigenvalue weighted by atomic mass is 10.0. The number of ether oxygens (including phenoxy) is 1. The molecule has 5 rings (SSSR count). The van der Waals surface area contributed by atoms with Crippen molar-refractivity contribution in [2.45, 2.75) is 38.8 Å². The molecule has 200 valence electrons. The number of halogens is 3. The SMILES string of the molecule is [2H]C([2H])(Oc1cc2n(c(=O)c1Cl)-c1cc(-n3cccc(C(C)(C)O)c3=O)ncc1CC/C=C\2)c1ncc(F)cc1F. The molecule has 11 heteroatoms. The number of fused-ring (bicyclic) bond motifs is 3. The molecule has 0 spiro atoms. The number of aliphatic hydroxyl groups is 1. The topological polar surface area (TPSA) is 99.2 Å². The van der Waals surface area contributed by atoms with Gasteiger partial charge in [-0.1, -0.05) is 17.7 Å². The molecule has 0 aliphatic carbocycles. The molecule has 0 amide bonds. The van der Waals surface area contributed by atoms with Crippen molar-refractivity contribution in [1.29, 1.82) is 0 Å². The molecule has 0 fully saturated rings. The highest BCUT2D eigenvalue weighted by atomic mass is 35.5. The molecule has 1 N–H and O–H groups in total. The van der Waals surface area contributed by atoms with Crippen LogP contribution < -0.4 is 15.9 Å². The van der Waals surface area contributed by atoms with Gasteiger partial charge in [-0.25, -0.2) is 13.8 Å². The summed E-state index contributed by atoms with van der Waals surface area (Å²) in [5.41, 5.74) is -2.03. The van der Waals surface area contributed by atoms with E-state index in [9.17, 15) is 23.5 Å². The van der Waals surface area contributed by atoms with Gasteiger partial charge in [0.1, 0.15) is 34.7 Å². The fraction of sp³-hybridized carbons (Fsp3) is 0.214. The van der Waals surface area contributed by atoms with Crippen molar-refractivity contribution in [2.24, 2.45) is 0 Å². The zero-order valence-electron chi connectivity index (χ0n) is 22.8. The van der Waals surface area contributed by atoms with E-state index in [1.807, 2.05) is 0 Å². The molecule has 4 aromatic rings. The average Bonchev–Trinajstić information content (AvgIpc) is 2.87. The molecule has 39 heavy (non-hydrogen) atoms. The average molecular weight is 555 g/mol. The smallest absolute Gasteiger partial charge is 0.278 e. The molecule has 0 aromatic carbocycles. The standard InChI is InChI=1S/C28H23ClF2N4O4/c1-28(2,38)19-8-5-9-34(26(19)36)24-12-22-16(13-33-24)6-3-4-7-18-11-23(25(29)27(37)35(18)22)39-15-21-20(31)10-17(30)14-32-21/h4-5,7-14,38H,3,6,15H2,1-2H3/b7-4-/i15D2. The van der Waals surface area contributed by atoms with Crippen molar-refractivity contribution in [3.8, 4) is 17.3 Å². The molecule has 8 nitrogen and oxygen atoms in total. The van der Waals surface area contributed by atoms with Crippen LogP contribution in [-0.2, 0) is 18.6 Å². The van der Waals surface area contributed by atoms with E-state index in [2.05, 4.69) is 9.97 Å². The van der Waals surface area contributed by atoms with Gasteiger partial charge in [-0.15, -0.1) is 0 Å². The van der Waals surface area contributed by atoms with Gasteiger partial charge in [0.05, 0.1) is 25.9 Å². The van der Waals surface area contributed by atoms with Crippen molar-refractivity contribution >= 4 is 17.7 Å². The van der Waals surface area contributed by atoms with Crippen LogP contribution in [0.1, 0.15) is 45.5 Å². The van der Waals surface area contributed by atoms with E-state index in [0.29, 0.717) is 36.4 Å². The molecule has 0 unspecified atom stereocenters. The van der Waals surface area contributed by atoms with Gasteiger partial charge in [-0.3, -0.25) is 23.7 Å². The second kappa shape index (κ2) is 10.2. The Labute approximate surface area is 229 Å². The first kappa shape index (κ1) is 23.9. The maximum atomic E-state index is 14.3.